The van der Waals surface area contributed by atoms with E-state index in [1.54, 1.807) is 0 Å². The predicted octanol–water partition coefficient (Wildman–Crippen LogP) is 2.19. The molecule has 1 rings (SSSR count). The second-order valence-corrected chi connectivity index (χ2v) is 4.24. The van der Waals surface area contributed by atoms with Crippen molar-refractivity contribution in [1.29, 1.82) is 0 Å². The molecule has 0 fully saturated rings. The summed E-state index contributed by atoms with van der Waals surface area (Å²) < 4.78 is 0. The Morgan fingerprint density at radius 3 is 2.93 bits per heavy atom. The summed E-state index contributed by atoms with van der Waals surface area (Å²) >= 11 is 0. The Balaban J connectivity index is 2.26. The van der Waals surface area contributed by atoms with Gasteiger partial charge in [-0.1, -0.05) is 25.5 Å². The van der Waals surface area contributed by atoms with Crippen LogP contribution in [0.5, 0.6) is 0 Å². The Labute approximate surface area is 91.6 Å². The lowest BCUT2D eigenvalue weighted by Gasteiger charge is -2.21. The van der Waals surface area contributed by atoms with E-state index in [2.05, 4.69) is 17.5 Å². The first kappa shape index (κ1) is 12.2. The summed E-state index contributed by atoms with van der Waals surface area (Å²) in [6, 6.07) is -0.360. The molecule has 3 heteroatoms. The molecular weight excluding hydrogens is 190 g/mol. The first-order valence-electron chi connectivity index (χ1n) is 5.85. The summed E-state index contributed by atoms with van der Waals surface area (Å²) in [5.41, 5.74) is 0. The average molecular weight is 211 g/mol. The van der Waals surface area contributed by atoms with Gasteiger partial charge in [0.25, 0.3) is 0 Å². The lowest BCUT2D eigenvalue weighted by molar-refractivity contribution is -0.139. The Morgan fingerprint density at radius 2 is 2.40 bits per heavy atom. The van der Waals surface area contributed by atoms with Gasteiger partial charge in [0.1, 0.15) is 6.04 Å². The molecule has 3 nitrogen and oxygen atoms in total. The van der Waals surface area contributed by atoms with E-state index in [1.807, 2.05) is 6.92 Å². The summed E-state index contributed by atoms with van der Waals surface area (Å²) in [6.07, 6.45) is 9.44. The van der Waals surface area contributed by atoms with Crippen molar-refractivity contribution in [3.05, 3.63) is 12.2 Å². The van der Waals surface area contributed by atoms with E-state index in [9.17, 15) is 4.79 Å². The maximum Gasteiger partial charge on any atom is 0.320 e. The van der Waals surface area contributed by atoms with E-state index in [0.717, 1.165) is 32.2 Å². The van der Waals surface area contributed by atoms with Crippen LogP contribution in [0.25, 0.3) is 0 Å². The summed E-state index contributed by atoms with van der Waals surface area (Å²) in [5.74, 6) is -0.100. The van der Waals surface area contributed by atoms with Crippen molar-refractivity contribution in [3.63, 3.8) is 0 Å². The number of carbonyl (C=O) groups is 1. The van der Waals surface area contributed by atoms with Crippen LogP contribution in [0.2, 0.25) is 0 Å². The fourth-order valence-electron chi connectivity index (χ4n) is 1.95. The fraction of sp³-hybridized carbons (Fsp3) is 0.750. The zero-order chi connectivity index (χ0) is 11.1. The van der Waals surface area contributed by atoms with Gasteiger partial charge in [-0.05, 0) is 38.1 Å². The zero-order valence-corrected chi connectivity index (χ0v) is 9.41. The van der Waals surface area contributed by atoms with Crippen LogP contribution in [-0.4, -0.2) is 23.7 Å². The van der Waals surface area contributed by atoms with Crippen molar-refractivity contribution < 1.29 is 9.90 Å². The van der Waals surface area contributed by atoms with Crippen LogP contribution in [0.3, 0.4) is 0 Å². The maximum atomic E-state index is 10.9. The van der Waals surface area contributed by atoms with Gasteiger partial charge in [0, 0.05) is 0 Å². The third-order valence-corrected chi connectivity index (χ3v) is 2.91. The Morgan fingerprint density at radius 1 is 1.60 bits per heavy atom. The van der Waals surface area contributed by atoms with Gasteiger partial charge in [0.05, 0.1) is 0 Å². The number of nitrogens with one attached hydrogen (secondary N) is 1. The van der Waals surface area contributed by atoms with Crippen molar-refractivity contribution in [2.45, 2.75) is 45.1 Å². The lowest BCUT2D eigenvalue weighted by atomic mass is 9.94. The van der Waals surface area contributed by atoms with Crippen LogP contribution < -0.4 is 5.32 Å². The zero-order valence-electron chi connectivity index (χ0n) is 9.41. The molecule has 2 atom stereocenters. The van der Waals surface area contributed by atoms with Crippen LogP contribution in [0.15, 0.2) is 12.2 Å². The second-order valence-electron chi connectivity index (χ2n) is 4.24. The van der Waals surface area contributed by atoms with Crippen LogP contribution >= 0.6 is 0 Å². The number of aliphatic carboxylic acids is 1. The largest absolute Gasteiger partial charge is 0.480 e. The second kappa shape index (κ2) is 6.62. The summed E-state index contributed by atoms with van der Waals surface area (Å²) in [7, 11) is 0. The highest BCUT2D eigenvalue weighted by Crippen LogP contribution is 2.17. The molecule has 0 amide bonds. The number of hydrogen-bond acceptors (Lipinski definition) is 2. The van der Waals surface area contributed by atoms with E-state index >= 15 is 0 Å². The van der Waals surface area contributed by atoms with Crippen LogP contribution in [-0.2, 0) is 4.79 Å². The average Bonchev–Trinajstić information content (AvgIpc) is 2.25. The highest BCUT2D eigenvalue weighted by Gasteiger charge is 2.17. The number of hydrogen-bond donors (Lipinski definition) is 2. The van der Waals surface area contributed by atoms with E-state index in [0.29, 0.717) is 5.92 Å². The van der Waals surface area contributed by atoms with Crippen molar-refractivity contribution >= 4 is 5.97 Å². The van der Waals surface area contributed by atoms with Crippen molar-refractivity contribution in [3.8, 4) is 0 Å². The highest BCUT2D eigenvalue weighted by molar-refractivity contribution is 5.73. The van der Waals surface area contributed by atoms with E-state index in [4.69, 9.17) is 5.11 Å². The van der Waals surface area contributed by atoms with E-state index in [-0.39, 0.29) is 6.04 Å². The number of rotatable bonds is 6. The molecule has 1 aliphatic carbocycles. The van der Waals surface area contributed by atoms with Gasteiger partial charge in [-0.3, -0.25) is 4.79 Å². The Bertz CT molecular complexity index is 226. The molecule has 0 aromatic carbocycles. The number of carboxylic acids is 1. The van der Waals surface area contributed by atoms with Gasteiger partial charge in [0.15, 0.2) is 0 Å². The molecule has 0 aliphatic heterocycles. The van der Waals surface area contributed by atoms with Crippen LogP contribution in [0.1, 0.15) is 39.0 Å². The molecule has 1 aliphatic rings. The number of carboxylic acid groups (broad SMARTS) is 1. The maximum absolute atomic E-state index is 10.9. The number of allylic oxidation sites excluding steroid dienone is 2. The molecule has 86 valence electrons. The smallest absolute Gasteiger partial charge is 0.320 e. The van der Waals surface area contributed by atoms with Gasteiger partial charge in [0.2, 0.25) is 0 Å². The van der Waals surface area contributed by atoms with E-state index in [1.165, 1.54) is 6.42 Å². The molecule has 0 spiro atoms. The standard InChI is InChI=1S/C12H21NO2/c1-2-6-11(12(14)15)13-9-10-7-4-3-5-8-10/h3-4,10-11,13H,2,5-9H2,1H3,(H,14,15). The fourth-order valence-corrected chi connectivity index (χ4v) is 1.95. The Kier molecular flexibility index (Phi) is 5.40. The first-order chi connectivity index (χ1) is 7.24. The van der Waals surface area contributed by atoms with Gasteiger partial charge in [-0.15, -0.1) is 0 Å². The molecule has 2 N–H and O–H groups in total. The monoisotopic (exact) mass is 211 g/mol. The highest BCUT2D eigenvalue weighted by atomic mass is 16.4. The van der Waals surface area contributed by atoms with Crippen molar-refractivity contribution in [1.82, 2.24) is 5.32 Å². The molecule has 15 heavy (non-hydrogen) atoms. The minimum absolute atomic E-state index is 0.360. The van der Waals surface area contributed by atoms with Crippen molar-refractivity contribution in [2.24, 2.45) is 5.92 Å². The quantitative estimate of drug-likeness (QED) is 0.662. The predicted molar refractivity (Wildman–Crippen MR) is 60.8 cm³/mol. The minimum Gasteiger partial charge on any atom is -0.480 e. The topological polar surface area (TPSA) is 49.3 Å². The molecule has 0 saturated heterocycles. The molecule has 0 aromatic heterocycles. The summed E-state index contributed by atoms with van der Waals surface area (Å²) in [5, 5.41) is 12.1. The van der Waals surface area contributed by atoms with Crippen LogP contribution in [0, 0.1) is 5.92 Å². The van der Waals surface area contributed by atoms with E-state index < -0.39 is 5.97 Å². The lowest BCUT2D eigenvalue weighted by Crippen LogP contribution is -2.39. The molecule has 0 aromatic rings. The van der Waals surface area contributed by atoms with Gasteiger partial charge < -0.3 is 10.4 Å². The third kappa shape index (κ3) is 4.47. The van der Waals surface area contributed by atoms with Crippen LogP contribution in [0.4, 0.5) is 0 Å². The SMILES string of the molecule is CCCC(NCC1CC=CCC1)C(=O)O. The third-order valence-electron chi connectivity index (χ3n) is 2.91. The molecule has 0 bridgehead atoms. The molecule has 0 radical (unpaired) electrons. The minimum atomic E-state index is -0.719. The normalized spacial score (nSPS) is 22.6. The molecule has 0 saturated carbocycles. The van der Waals surface area contributed by atoms with Gasteiger partial charge in [-0.25, -0.2) is 0 Å². The molecule has 2 unspecified atom stereocenters. The van der Waals surface area contributed by atoms with Crippen molar-refractivity contribution in [2.75, 3.05) is 6.54 Å². The summed E-state index contributed by atoms with van der Waals surface area (Å²) in [6.45, 7) is 2.85. The molecule has 0 heterocycles. The van der Waals surface area contributed by atoms with Gasteiger partial charge >= 0.3 is 5.97 Å². The summed E-state index contributed by atoms with van der Waals surface area (Å²) in [4.78, 5) is 10.9. The van der Waals surface area contributed by atoms with Gasteiger partial charge in [-0.2, -0.15) is 0 Å². The molecular formula is C12H21NO2. The Hall–Kier alpha value is -0.830. The first-order valence-corrected chi connectivity index (χ1v) is 5.85.